The first-order valence-corrected chi connectivity index (χ1v) is 14.5. The number of fused-ring (bicyclic) bond motifs is 5. The predicted octanol–water partition coefficient (Wildman–Crippen LogP) is 0.556. The Morgan fingerprint density at radius 1 is 1.05 bits per heavy atom. The van der Waals surface area contributed by atoms with Crippen LogP contribution in [-0.4, -0.2) is 40.3 Å². The van der Waals surface area contributed by atoms with E-state index in [4.69, 9.17) is 0 Å². The molecule has 0 heterocycles. The van der Waals surface area contributed by atoms with Gasteiger partial charge in [0.1, 0.15) is 0 Å². The number of amides is 1. The van der Waals surface area contributed by atoms with Gasteiger partial charge in [0, 0.05) is 17.6 Å². The van der Waals surface area contributed by atoms with Crippen molar-refractivity contribution in [3.05, 3.63) is 35.9 Å². The molecule has 3 N–H and O–H groups in total. The van der Waals surface area contributed by atoms with Gasteiger partial charge < -0.3 is 25.4 Å². The molecule has 204 valence electrons. The fraction of sp³-hybridized carbons (Fsp3) is 0.742. The van der Waals surface area contributed by atoms with E-state index in [2.05, 4.69) is 26.1 Å². The molecule has 0 radical (unpaired) electrons. The van der Waals surface area contributed by atoms with Gasteiger partial charge in [-0.2, -0.15) is 0 Å². The number of benzene rings is 1. The second-order valence-corrected chi connectivity index (χ2v) is 13.3. The first kappa shape index (κ1) is 30.0. The van der Waals surface area contributed by atoms with Crippen LogP contribution < -0.4 is 40.0 Å². The molecule has 4 aliphatic rings. The van der Waals surface area contributed by atoms with E-state index < -0.39 is 18.2 Å². The molecular formula is C31H44NNaO5. The van der Waals surface area contributed by atoms with Gasteiger partial charge in [0.05, 0.1) is 12.2 Å². The number of hydrogen-bond acceptors (Lipinski definition) is 5. The van der Waals surface area contributed by atoms with Crippen LogP contribution in [0, 0.1) is 46.3 Å². The molecule has 0 unspecified atom stereocenters. The van der Waals surface area contributed by atoms with Gasteiger partial charge in [0.15, 0.2) is 0 Å². The second-order valence-electron chi connectivity index (χ2n) is 13.3. The SMILES string of the molecule is C[C@H](CCC(=O)[O-])[C@H]1CC[C@H]2[C@@H]3[C@H](O)C[C@@H]4C[C@H](NC(=O)c5ccccc5)CC[C@]4(C)[C@H]3C[C@H](O)[C@]12C.[Na+]. The maximum atomic E-state index is 12.8. The van der Waals surface area contributed by atoms with Gasteiger partial charge in [-0.1, -0.05) is 39.0 Å². The number of nitrogens with one attached hydrogen (secondary N) is 1. The standard InChI is InChI=1S/C31H45NO5.Na/c1-18(9-12-27(35)36)22-10-11-23-28-24(17-26(34)31(22,23)3)30(2)14-13-21(15-20(30)16-25(28)33)32-29(37)19-7-5-4-6-8-19;/h4-8,18,20-26,28,33-34H,9-17H2,1-3H3,(H,32,37)(H,35,36);/q;+1/p-1/t18-,20+,21-,22-,23+,24+,25-,26+,28+,30+,31-;/m1./s1. The molecule has 0 saturated heterocycles. The van der Waals surface area contributed by atoms with E-state index in [0.29, 0.717) is 24.3 Å². The summed E-state index contributed by atoms with van der Waals surface area (Å²) in [6.07, 6.45) is 6.00. The van der Waals surface area contributed by atoms with Crippen molar-refractivity contribution < 1.29 is 54.5 Å². The van der Waals surface area contributed by atoms with Gasteiger partial charge in [0.25, 0.3) is 5.91 Å². The Kier molecular flexibility index (Phi) is 9.11. The third-order valence-electron chi connectivity index (χ3n) is 11.7. The Labute approximate surface area is 249 Å². The summed E-state index contributed by atoms with van der Waals surface area (Å²) in [5, 5.41) is 37.6. The van der Waals surface area contributed by atoms with Crippen LogP contribution in [0.3, 0.4) is 0 Å². The van der Waals surface area contributed by atoms with Crippen molar-refractivity contribution in [1.82, 2.24) is 5.32 Å². The van der Waals surface area contributed by atoms with Crippen molar-refractivity contribution in [3.63, 3.8) is 0 Å². The van der Waals surface area contributed by atoms with Gasteiger partial charge in [-0.3, -0.25) is 4.79 Å². The first-order chi connectivity index (χ1) is 17.6. The Morgan fingerprint density at radius 2 is 1.76 bits per heavy atom. The third-order valence-corrected chi connectivity index (χ3v) is 11.7. The van der Waals surface area contributed by atoms with E-state index in [9.17, 15) is 24.9 Å². The van der Waals surface area contributed by atoms with Crippen LogP contribution in [0.5, 0.6) is 0 Å². The van der Waals surface area contributed by atoms with Crippen LogP contribution in [0.2, 0.25) is 0 Å². The van der Waals surface area contributed by atoms with Crippen LogP contribution in [0.1, 0.15) is 88.9 Å². The van der Waals surface area contributed by atoms with Crippen LogP contribution in [0.25, 0.3) is 0 Å². The summed E-state index contributed by atoms with van der Waals surface area (Å²) in [7, 11) is 0. The molecule has 4 aliphatic carbocycles. The maximum absolute atomic E-state index is 12.8. The molecular weight excluding hydrogens is 489 g/mol. The quantitative estimate of drug-likeness (QED) is 0.463. The second kappa shape index (κ2) is 11.5. The Bertz CT molecular complexity index is 1010. The number of carboxylic acids is 1. The Morgan fingerprint density at radius 3 is 2.45 bits per heavy atom. The molecule has 0 aliphatic heterocycles. The monoisotopic (exact) mass is 533 g/mol. The molecule has 1 aromatic carbocycles. The molecule has 0 spiro atoms. The topological polar surface area (TPSA) is 110 Å². The summed E-state index contributed by atoms with van der Waals surface area (Å²) >= 11 is 0. The minimum Gasteiger partial charge on any atom is -0.550 e. The molecule has 5 rings (SSSR count). The summed E-state index contributed by atoms with van der Waals surface area (Å²) in [4.78, 5) is 23.9. The van der Waals surface area contributed by atoms with Crippen molar-refractivity contribution in [1.29, 1.82) is 0 Å². The van der Waals surface area contributed by atoms with Crippen LogP contribution >= 0.6 is 0 Å². The Balaban J connectivity index is 0.00000336. The Hall–Kier alpha value is -0.920. The van der Waals surface area contributed by atoms with E-state index in [1.54, 1.807) is 0 Å². The normalized spacial score (nSPS) is 42.6. The van der Waals surface area contributed by atoms with Gasteiger partial charge >= 0.3 is 29.6 Å². The number of aliphatic hydroxyl groups is 2. The van der Waals surface area contributed by atoms with E-state index >= 15 is 0 Å². The summed E-state index contributed by atoms with van der Waals surface area (Å²) in [6, 6.07) is 9.45. The predicted molar refractivity (Wildman–Crippen MR) is 139 cm³/mol. The zero-order valence-electron chi connectivity index (χ0n) is 23.6. The summed E-state index contributed by atoms with van der Waals surface area (Å²) in [5.41, 5.74) is 0.426. The summed E-state index contributed by atoms with van der Waals surface area (Å²) < 4.78 is 0. The van der Waals surface area contributed by atoms with E-state index in [1.807, 2.05) is 30.3 Å². The first-order valence-electron chi connectivity index (χ1n) is 14.5. The van der Waals surface area contributed by atoms with Crippen molar-refractivity contribution in [3.8, 4) is 0 Å². The van der Waals surface area contributed by atoms with Gasteiger partial charge in [-0.05, 0) is 116 Å². The number of carbonyl (C=O) groups excluding carboxylic acids is 2. The average Bonchev–Trinajstić information content (AvgIpc) is 3.23. The summed E-state index contributed by atoms with van der Waals surface area (Å²) in [6.45, 7) is 6.71. The van der Waals surface area contributed by atoms with Crippen molar-refractivity contribution in [2.75, 3.05) is 0 Å². The molecule has 11 atom stereocenters. The van der Waals surface area contributed by atoms with Crippen molar-refractivity contribution in [2.24, 2.45) is 46.3 Å². The van der Waals surface area contributed by atoms with Crippen molar-refractivity contribution in [2.45, 2.75) is 96.8 Å². The van der Waals surface area contributed by atoms with Crippen LogP contribution in [0.4, 0.5) is 0 Å². The third kappa shape index (κ3) is 5.13. The van der Waals surface area contributed by atoms with Crippen molar-refractivity contribution >= 4 is 11.9 Å². The zero-order chi connectivity index (χ0) is 26.5. The molecule has 1 aromatic rings. The smallest absolute Gasteiger partial charge is 0.550 e. The molecule has 1 amide bonds. The number of aliphatic hydroxyl groups excluding tert-OH is 2. The number of aliphatic carboxylic acids is 1. The number of carbonyl (C=O) groups is 2. The fourth-order valence-corrected chi connectivity index (χ4v) is 9.69. The van der Waals surface area contributed by atoms with Gasteiger partial charge in [-0.15, -0.1) is 0 Å². The van der Waals surface area contributed by atoms with E-state index in [1.165, 1.54) is 0 Å². The summed E-state index contributed by atoms with van der Waals surface area (Å²) in [5.74, 6) is 0.418. The molecule has 0 bridgehead atoms. The number of carboxylic acid groups (broad SMARTS) is 1. The maximum Gasteiger partial charge on any atom is 1.00 e. The number of rotatable bonds is 6. The molecule has 4 fully saturated rings. The largest absolute Gasteiger partial charge is 1.00 e. The zero-order valence-corrected chi connectivity index (χ0v) is 25.6. The van der Waals surface area contributed by atoms with E-state index in [0.717, 1.165) is 38.5 Å². The minimum atomic E-state index is -1.01. The molecule has 38 heavy (non-hydrogen) atoms. The van der Waals surface area contributed by atoms with Gasteiger partial charge in [0.2, 0.25) is 0 Å². The average molecular weight is 534 g/mol. The van der Waals surface area contributed by atoms with Crippen LogP contribution in [0.15, 0.2) is 30.3 Å². The van der Waals surface area contributed by atoms with E-state index in [-0.39, 0.29) is 88.3 Å². The molecule has 0 aromatic heterocycles. The fourth-order valence-electron chi connectivity index (χ4n) is 9.69. The minimum absolute atomic E-state index is 0. The number of hydrogen-bond donors (Lipinski definition) is 3. The molecule has 4 saturated carbocycles. The van der Waals surface area contributed by atoms with Gasteiger partial charge in [-0.25, -0.2) is 0 Å². The van der Waals surface area contributed by atoms with Crippen LogP contribution in [-0.2, 0) is 4.79 Å². The molecule has 7 heteroatoms. The molecule has 6 nitrogen and oxygen atoms in total.